The van der Waals surface area contributed by atoms with Crippen molar-refractivity contribution in [3.63, 3.8) is 0 Å². The number of rotatable bonds is 7. The summed E-state index contributed by atoms with van der Waals surface area (Å²) in [6, 6.07) is 22.0. The molecule has 0 spiro atoms. The number of ether oxygens (including phenoxy) is 2. The van der Waals surface area contributed by atoms with Gasteiger partial charge < -0.3 is 19.7 Å². The molecule has 7 heteroatoms. The van der Waals surface area contributed by atoms with Crippen molar-refractivity contribution in [2.24, 2.45) is 0 Å². The van der Waals surface area contributed by atoms with Crippen molar-refractivity contribution in [3.8, 4) is 11.5 Å². The van der Waals surface area contributed by atoms with Gasteiger partial charge in [0.15, 0.2) is 0 Å². The number of carbonyl (C=O) groups is 2. The van der Waals surface area contributed by atoms with Gasteiger partial charge in [0.1, 0.15) is 11.5 Å². The molecule has 3 aromatic rings. The molecule has 7 nitrogen and oxygen atoms in total. The van der Waals surface area contributed by atoms with Gasteiger partial charge in [-0.2, -0.15) is 0 Å². The lowest BCUT2D eigenvalue weighted by Gasteiger charge is -2.36. The van der Waals surface area contributed by atoms with Crippen LogP contribution in [0.1, 0.15) is 22.3 Å². The number of methoxy groups -OCH3 is 2. The molecule has 1 aliphatic rings. The summed E-state index contributed by atoms with van der Waals surface area (Å²) in [7, 11) is 3.14. The van der Waals surface area contributed by atoms with Crippen molar-refractivity contribution in [2.45, 2.75) is 13.0 Å². The molecule has 3 aromatic carbocycles. The lowest BCUT2D eigenvalue weighted by Crippen LogP contribution is -2.49. The Labute approximate surface area is 193 Å². The number of anilines is 2. The lowest BCUT2D eigenvalue weighted by molar-refractivity contribution is 0.102. The zero-order valence-corrected chi connectivity index (χ0v) is 18.8. The van der Waals surface area contributed by atoms with Crippen molar-refractivity contribution in [1.29, 1.82) is 0 Å². The Bertz CT molecular complexity index is 1120. The van der Waals surface area contributed by atoms with Crippen LogP contribution in [0.15, 0.2) is 72.8 Å². The first kappa shape index (κ1) is 22.2. The third kappa shape index (κ3) is 5.09. The molecule has 1 aliphatic heterocycles. The molecule has 0 aliphatic carbocycles. The minimum absolute atomic E-state index is 0.0878. The topological polar surface area (TPSA) is 71.1 Å². The first-order valence-electron chi connectivity index (χ1n) is 10.8. The van der Waals surface area contributed by atoms with Crippen molar-refractivity contribution in [3.05, 3.63) is 83.9 Å². The summed E-state index contributed by atoms with van der Waals surface area (Å²) in [6.45, 7) is 1.80. The van der Waals surface area contributed by atoms with Gasteiger partial charge in [0, 0.05) is 31.3 Å². The maximum Gasteiger partial charge on any atom is 0.324 e. The molecule has 0 unspecified atom stereocenters. The Kier molecular flexibility index (Phi) is 6.78. The van der Waals surface area contributed by atoms with Crippen LogP contribution in [0.25, 0.3) is 0 Å². The van der Waals surface area contributed by atoms with Crippen LogP contribution in [0.3, 0.4) is 0 Å². The van der Waals surface area contributed by atoms with Crippen LogP contribution >= 0.6 is 0 Å². The van der Waals surface area contributed by atoms with Gasteiger partial charge in [-0.05, 0) is 48.4 Å². The minimum Gasteiger partial charge on any atom is -0.497 e. The van der Waals surface area contributed by atoms with E-state index in [1.807, 2.05) is 41.3 Å². The largest absolute Gasteiger partial charge is 0.497 e. The Balaban J connectivity index is 1.58. The fraction of sp³-hybridized carbons (Fsp3) is 0.231. The minimum atomic E-state index is -0.280. The van der Waals surface area contributed by atoms with E-state index in [2.05, 4.69) is 5.32 Å². The molecular formula is C26H27N3O4. The fourth-order valence-electron chi connectivity index (χ4n) is 3.87. The van der Waals surface area contributed by atoms with Crippen LogP contribution in [0, 0.1) is 0 Å². The molecule has 0 radical (unpaired) electrons. The maximum absolute atomic E-state index is 13.4. The Morgan fingerprint density at radius 3 is 2.30 bits per heavy atom. The molecule has 1 saturated heterocycles. The van der Waals surface area contributed by atoms with E-state index in [1.165, 1.54) is 0 Å². The molecule has 0 saturated carbocycles. The van der Waals surface area contributed by atoms with Gasteiger partial charge in [-0.15, -0.1) is 0 Å². The normalized spacial score (nSPS) is 13.6. The number of nitrogens with one attached hydrogen (secondary N) is 1. The highest BCUT2D eigenvalue weighted by Gasteiger charge is 2.29. The van der Waals surface area contributed by atoms with E-state index in [0.29, 0.717) is 48.1 Å². The Hall–Kier alpha value is -4.00. The van der Waals surface area contributed by atoms with E-state index in [-0.39, 0.29) is 11.9 Å². The SMILES string of the molecule is COc1ccc(C(=O)Nc2cc(OC)ccc2N2CCCN(Cc3ccccc3)C2=O)cc1. The smallest absolute Gasteiger partial charge is 0.324 e. The Morgan fingerprint density at radius 2 is 1.61 bits per heavy atom. The second-order valence-electron chi connectivity index (χ2n) is 7.76. The number of urea groups is 1. The highest BCUT2D eigenvalue weighted by molar-refractivity contribution is 6.08. The van der Waals surface area contributed by atoms with Crippen LogP contribution < -0.4 is 19.7 Å². The summed E-state index contributed by atoms with van der Waals surface area (Å²) in [5.41, 5.74) is 2.72. The average molecular weight is 446 g/mol. The second kappa shape index (κ2) is 10.1. The number of benzene rings is 3. The predicted molar refractivity (Wildman–Crippen MR) is 128 cm³/mol. The molecule has 4 rings (SSSR count). The molecule has 170 valence electrons. The zero-order chi connectivity index (χ0) is 23.2. The molecule has 1 heterocycles. The van der Waals surface area contributed by atoms with E-state index in [0.717, 1.165) is 12.0 Å². The van der Waals surface area contributed by atoms with Gasteiger partial charge >= 0.3 is 6.03 Å². The summed E-state index contributed by atoms with van der Waals surface area (Å²) in [5.74, 6) is 0.984. The second-order valence-corrected chi connectivity index (χ2v) is 7.76. The highest BCUT2D eigenvalue weighted by Crippen LogP contribution is 2.33. The first-order valence-corrected chi connectivity index (χ1v) is 10.8. The maximum atomic E-state index is 13.4. The summed E-state index contributed by atoms with van der Waals surface area (Å²) in [4.78, 5) is 29.8. The quantitative estimate of drug-likeness (QED) is 0.568. The third-order valence-electron chi connectivity index (χ3n) is 5.62. The van der Waals surface area contributed by atoms with Crippen molar-refractivity contribution >= 4 is 23.3 Å². The number of nitrogens with zero attached hydrogens (tertiary/aromatic N) is 2. The van der Waals surface area contributed by atoms with Gasteiger partial charge in [0.05, 0.1) is 25.6 Å². The monoisotopic (exact) mass is 445 g/mol. The van der Waals surface area contributed by atoms with Crippen LogP contribution in [0.4, 0.5) is 16.2 Å². The molecule has 0 aromatic heterocycles. The predicted octanol–water partition coefficient (Wildman–Crippen LogP) is 4.79. The van der Waals surface area contributed by atoms with E-state index in [1.54, 1.807) is 55.5 Å². The molecule has 1 N–H and O–H groups in total. The van der Waals surface area contributed by atoms with Crippen LogP contribution in [0.5, 0.6) is 11.5 Å². The van der Waals surface area contributed by atoms with Gasteiger partial charge in [-0.3, -0.25) is 9.69 Å². The fourth-order valence-corrected chi connectivity index (χ4v) is 3.87. The van der Waals surface area contributed by atoms with Crippen LogP contribution in [-0.4, -0.2) is 44.1 Å². The highest BCUT2D eigenvalue weighted by atomic mass is 16.5. The van der Waals surface area contributed by atoms with Crippen molar-refractivity contribution < 1.29 is 19.1 Å². The molecular weight excluding hydrogens is 418 g/mol. The van der Waals surface area contributed by atoms with E-state index in [9.17, 15) is 9.59 Å². The van der Waals surface area contributed by atoms with Gasteiger partial charge in [0.25, 0.3) is 5.91 Å². The molecule has 3 amide bonds. The zero-order valence-electron chi connectivity index (χ0n) is 18.8. The summed E-state index contributed by atoms with van der Waals surface area (Å²) < 4.78 is 10.5. The molecule has 0 bridgehead atoms. The van der Waals surface area contributed by atoms with Crippen molar-refractivity contribution in [1.82, 2.24) is 4.90 Å². The third-order valence-corrected chi connectivity index (χ3v) is 5.62. The van der Waals surface area contributed by atoms with E-state index < -0.39 is 0 Å². The number of hydrogen-bond donors (Lipinski definition) is 1. The van der Waals surface area contributed by atoms with Gasteiger partial charge in [-0.1, -0.05) is 30.3 Å². The summed E-state index contributed by atoms with van der Waals surface area (Å²) in [5, 5.41) is 2.95. The van der Waals surface area contributed by atoms with Gasteiger partial charge in [-0.25, -0.2) is 4.79 Å². The molecule has 0 atom stereocenters. The van der Waals surface area contributed by atoms with E-state index >= 15 is 0 Å². The van der Waals surface area contributed by atoms with Crippen LogP contribution in [-0.2, 0) is 6.54 Å². The average Bonchev–Trinajstić information content (AvgIpc) is 2.86. The number of amides is 3. The molecule has 1 fully saturated rings. The first-order chi connectivity index (χ1) is 16.1. The number of hydrogen-bond acceptors (Lipinski definition) is 4. The van der Waals surface area contributed by atoms with Crippen LogP contribution in [0.2, 0.25) is 0 Å². The molecule has 33 heavy (non-hydrogen) atoms. The summed E-state index contributed by atoms with van der Waals surface area (Å²) >= 11 is 0. The standard InChI is InChI=1S/C26H27N3O4/c1-32-21-11-9-20(10-12-21)25(30)27-23-17-22(33-2)13-14-24(23)29-16-6-15-28(26(29)31)18-19-7-4-3-5-8-19/h3-5,7-14,17H,6,15-16,18H2,1-2H3,(H,27,30). The van der Waals surface area contributed by atoms with Crippen molar-refractivity contribution in [2.75, 3.05) is 37.5 Å². The number of carbonyl (C=O) groups excluding carboxylic acids is 2. The van der Waals surface area contributed by atoms with E-state index in [4.69, 9.17) is 9.47 Å². The lowest BCUT2D eigenvalue weighted by atomic mass is 10.1. The summed E-state index contributed by atoms with van der Waals surface area (Å²) in [6.07, 6.45) is 0.830. The Morgan fingerprint density at radius 1 is 0.909 bits per heavy atom. The van der Waals surface area contributed by atoms with Gasteiger partial charge in [0.2, 0.25) is 0 Å².